The Kier molecular flexibility index (Phi) is 11.1. The number of carbonyl (C=O) groups is 1. The summed E-state index contributed by atoms with van der Waals surface area (Å²) in [5, 5.41) is 16.4. The molecule has 2 aliphatic rings. The van der Waals surface area contributed by atoms with Crippen LogP contribution in [0, 0.1) is 0 Å². The van der Waals surface area contributed by atoms with Crippen LogP contribution in [0.25, 0.3) is 22.3 Å². The van der Waals surface area contributed by atoms with Crippen molar-refractivity contribution >= 4 is 36.7 Å². The van der Waals surface area contributed by atoms with Gasteiger partial charge in [-0.05, 0) is 73.8 Å². The van der Waals surface area contributed by atoms with Crippen LogP contribution in [0.5, 0.6) is 0 Å². The molecule has 2 saturated heterocycles. The second-order valence-electron chi connectivity index (χ2n) is 14.4. The molecule has 2 fully saturated rings. The standard InChI is InChI=1S/C36H50N8O4Si/c1-26(32-20-27(11-12-37-32)22-42-13-5-6-30(23-42)41-36(45)46)40-29-9-7-28(8-10-29)33-21-31-34(43-14-16-47-17-15-43)38-24-39-35(31)44(33)25-48-18-19-49(2,3)4/h7-12,20-21,24,26,30,40-41H,5-6,13-19,22-23,25H2,1-4H3,(H,45,46)/t26?,30-/m1/s1. The molecule has 0 radical (unpaired) electrons. The van der Waals surface area contributed by atoms with Crippen molar-refractivity contribution in [2.45, 2.75) is 70.8 Å². The van der Waals surface area contributed by atoms with E-state index in [4.69, 9.17) is 24.5 Å². The summed E-state index contributed by atoms with van der Waals surface area (Å²) in [7, 11) is -1.22. The number of hydrogen-bond donors (Lipinski definition) is 3. The van der Waals surface area contributed by atoms with E-state index < -0.39 is 14.2 Å². The summed E-state index contributed by atoms with van der Waals surface area (Å²) in [6.45, 7) is 15.8. The van der Waals surface area contributed by atoms with Crippen LogP contribution >= 0.6 is 0 Å². The number of pyridine rings is 1. The van der Waals surface area contributed by atoms with Gasteiger partial charge in [0.05, 0.1) is 36.0 Å². The summed E-state index contributed by atoms with van der Waals surface area (Å²) in [6.07, 6.45) is 4.42. The number of fused-ring (bicyclic) bond motifs is 1. The first-order valence-electron chi connectivity index (χ1n) is 17.4. The molecule has 49 heavy (non-hydrogen) atoms. The molecular weight excluding hydrogens is 637 g/mol. The van der Waals surface area contributed by atoms with Crippen molar-refractivity contribution in [2.24, 2.45) is 0 Å². The predicted octanol–water partition coefficient (Wildman–Crippen LogP) is 6.05. The smallest absolute Gasteiger partial charge is 0.404 e. The summed E-state index contributed by atoms with van der Waals surface area (Å²) in [6, 6.07) is 16.0. The van der Waals surface area contributed by atoms with Gasteiger partial charge in [0.1, 0.15) is 24.5 Å². The Balaban J connectivity index is 1.17. The third-order valence-corrected chi connectivity index (χ3v) is 11.0. The molecule has 1 unspecified atom stereocenters. The number of piperidine rings is 1. The molecule has 0 spiro atoms. The fourth-order valence-corrected chi connectivity index (χ4v) is 7.38. The van der Waals surface area contributed by atoms with Crippen molar-refractivity contribution in [1.29, 1.82) is 0 Å². The lowest BCUT2D eigenvalue weighted by atomic mass is 10.0. The molecule has 6 rings (SSSR count). The molecule has 5 heterocycles. The Morgan fingerprint density at radius 3 is 2.63 bits per heavy atom. The highest BCUT2D eigenvalue weighted by molar-refractivity contribution is 6.76. The highest BCUT2D eigenvalue weighted by Crippen LogP contribution is 2.33. The van der Waals surface area contributed by atoms with Crippen molar-refractivity contribution in [1.82, 2.24) is 29.7 Å². The van der Waals surface area contributed by atoms with Crippen LogP contribution in [0.4, 0.5) is 16.3 Å². The van der Waals surface area contributed by atoms with Crippen LogP contribution in [0.1, 0.15) is 37.1 Å². The molecule has 0 saturated carbocycles. The van der Waals surface area contributed by atoms with E-state index in [0.717, 1.165) is 97.7 Å². The summed E-state index contributed by atoms with van der Waals surface area (Å²) in [4.78, 5) is 29.8. The van der Waals surface area contributed by atoms with Crippen LogP contribution in [0.3, 0.4) is 0 Å². The minimum Gasteiger partial charge on any atom is -0.465 e. The molecule has 2 aliphatic heterocycles. The number of rotatable bonds is 13. The first kappa shape index (κ1) is 34.8. The molecule has 2 atom stereocenters. The Labute approximate surface area is 289 Å². The summed E-state index contributed by atoms with van der Waals surface area (Å²) in [5.74, 6) is 0.939. The van der Waals surface area contributed by atoms with Gasteiger partial charge in [-0.25, -0.2) is 14.8 Å². The van der Waals surface area contributed by atoms with Gasteiger partial charge < -0.3 is 34.7 Å². The quantitative estimate of drug-likeness (QED) is 0.113. The van der Waals surface area contributed by atoms with Crippen molar-refractivity contribution in [3.63, 3.8) is 0 Å². The SMILES string of the molecule is CC(Nc1ccc(-c2cc3c(N4CCOCC4)ncnc3n2COCC[Si](C)(C)C)cc1)c1cc(CN2CCC[C@@H](NC(=O)O)C2)ccn1. The van der Waals surface area contributed by atoms with Crippen LogP contribution in [-0.2, 0) is 22.7 Å². The number of hydrogen-bond acceptors (Lipinski definition) is 9. The van der Waals surface area contributed by atoms with E-state index in [9.17, 15) is 4.79 Å². The van der Waals surface area contributed by atoms with Gasteiger partial charge in [0, 0.05) is 58.8 Å². The molecule has 12 nitrogen and oxygen atoms in total. The molecule has 3 aromatic heterocycles. The van der Waals surface area contributed by atoms with Gasteiger partial charge in [-0.1, -0.05) is 31.8 Å². The second kappa shape index (κ2) is 15.7. The molecule has 0 bridgehead atoms. The van der Waals surface area contributed by atoms with E-state index in [1.165, 1.54) is 5.56 Å². The average Bonchev–Trinajstić information content (AvgIpc) is 3.45. The minimum absolute atomic E-state index is 0.00819. The summed E-state index contributed by atoms with van der Waals surface area (Å²) >= 11 is 0. The highest BCUT2D eigenvalue weighted by Gasteiger charge is 2.23. The fraction of sp³-hybridized carbons (Fsp3) is 0.500. The Morgan fingerprint density at radius 1 is 1.08 bits per heavy atom. The van der Waals surface area contributed by atoms with Gasteiger partial charge in [-0.2, -0.15) is 0 Å². The lowest BCUT2D eigenvalue weighted by Gasteiger charge is -2.32. The zero-order chi connectivity index (χ0) is 34.4. The minimum atomic E-state index is -1.22. The van der Waals surface area contributed by atoms with E-state index in [1.807, 2.05) is 12.3 Å². The zero-order valence-electron chi connectivity index (χ0n) is 29.2. The number of anilines is 2. The van der Waals surface area contributed by atoms with Crippen molar-refractivity contribution in [3.8, 4) is 11.3 Å². The Bertz CT molecular complexity index is 1700. The highest BCUT2D eigenvalue weighted by atomic mass is 28.3. The van der Waals surface area contributed by atoms with Gasteiger partial charge in [0.15, 0.2) is 0 Å². The maximum Gasteiger partial charge on any atom is 0.404 e. The lowest BCUT2D eigenvalue weighted by molar-refractivity contribution is 0.0909. The summed E-state index contributed by atoms with van der Waals surface area (Å²) in [5.41, 5.74) is 6.14. The monoisotopic (exact) mass is 686 g/mol. The van der Waals surface area contributed by atoms with E-state index in [-0.39, 0.29) is 12.1 Å². The summed E-state index contributed by atoms with van der Waals surface area (Å²) < 4.78 is 14.0. The van der Waals surface area contributed by atoms with Crippen LogP contribution < -0.4 is 15.5 Å². The Hall–Kier alpha value is -4.04. The number of nitrogens with one attached hydrogen (secondary N) is 2. The van der Waals surface area contributed by atoms with Crippen molar-refractivity contribution < 1.29 is 19.4 Å². The molecule has 1 aromatic carbocycles. The number of likely N-dealkylation sites (tertiary alicyclic amines) is 1. The largest absolute Gasteiger partial charge is 0.465 e. The Morgan fingerprint density at radius 2 is 1.88 bits per heavy atom. The number of ether oxygens (including phenoxy) is 2. The van der Waals surface area contributed by atoms with Gasteiger partial charge >= 0.3 is 6.09 Å². The molecule has 4 aromatic rings. The van der Waals surface area contributed by atoms with Crippen molar-refractivity contribution in [3.05, 3.63) is 66.2 Å². The normalized spacial score (nSPS) is 18.0. The van der Waals surface area contributed by atoms with Gasteiger partial charge in [-0.15, -0.1) is 0 Å². The van der Waals surface area contributed by atoms with Gasteiger partial charge in [0.25, 0.3) is 0 Å². The van der Waals surface area contributed by atoms with E-state index in [2.05, 4.69) is 92.9 Å². The van der Waals surface area contributed by atoms with Crippen LogP contribution in [0.15, 0.2) is 55.0 Å². The third-order valence-electron chi connectivity index (χ3n) is 9.29. The maximum absolute atomic E-state index is 11.1. The zero-order valence-corrected chi connectivity index (χ0v) is 30.2. The van der Waals surface area contributed by atoms with Crippen LogP contribution in [0.2, 0.25) is 25.7 Å². The number of aromatic nitrogens is 4. The molecule has 3 N–H and O–H groups in total. The number of amides is 1. The number of benzene rings is 1. The van der Waals surface area contributed by atoms with E-state index in [0.29, 0.717) is 19.9 Å². The molecule has 0 aliphatic carbocycles. The fourth-order valence-electron chi connectivity index (χ4n) is 6.62. The predicted molar refractivity (Wildman–Crippen MR) is 196 cm³/mol. The third kappa shape index (κ3) is 9.15. The molecular formula is C36H50N8O4Si. The van der Waals surface area contributed by atoms with E-state index >= 15 is 0 Å². The molecule has 1 amide bonds. The first-order chi connectivity index (χ1) is 23.6. The average molecular weight is 687 g/mol. The van der Waals surface area contributed by atoms with Gasteiger partial charge in [-0.3, -0.25) is 9.88 Å². The topological polar surface area (TPSA) is 130 Å². The number of nitrogens with zero attached hydrogens (tertiary/aromatic N) is 6. The molecule has 262 valence electrons. The second-order valence-corrected chi connectivity index (χ2v) is 20.0. The lowest BCUT2D eigenvalue weighted by Crippen LogP contribution is -2.46. The van der Waals surface area contributed by atoms with Crippen LogP contribution in [-0.4, -0.2) is 95.7 Å². The van der Waals surface area contributed by atoms with E-state index in [1.54, 1.807) is 6.33 Å². The first-order valence-corrected chi connectivity index (χ1v) is 21.1. The van der Waals surface area contributed by atoms with Gasteiger partial charge in [0.2, 0.25) is 0 Å². The maximum atomic E-state index is 11.1. The number of morpholine rings is 1. The number of carboxylic acid groups (broad SMARTS) is 1. The molecule has 13 heteroatoms. The van der Waals surface area contributed by atoms with Crippen molar-refractivity contribution in [2.75, 3.05) is 56.2 Å².